The number of pyridine rings is 1. The average Bonchev–Trinajstić information content (AvgIpc) is 3.27. The quantitative estimate of drug-likeness (QED) is 0.410. The first kappa shape index (κ1) is 20.5. The van der Waals surface area contributed by atoms with Crippen LogP contribution in [0.25, 0.3) is 22.0 Å². The maximum absolute atomic E-state index is 13.1. The van der Waals surface area contributed by atoms with Gasteiger partial charge in [-0.25, -0.2) is 0 Å². The van der Waals surface area contributed by atoms with Gasteiger partial charge < -0.3 is 9.88 Å². The van der Waals surface area contributed by atoms with Gasteiger partial charge in [0.25, 0.3) is 5.91 Å². The third-order valence-electron chi connectivity index (χ3n) is 6.57. The second kappa shape index (κ2) is 9.39. The fourth-order valence-corrected chi connectivity index (χ4v) is 4.79. The van der Waals surface area contributed by atoms with Crippen LogP contribution in [0, 0.1) is 5.92 Å². The smallest absolute Gasteiger partial charge is 0.253 e. The van der Waals surface area contributed by atoms with Crippen LogP contribution in [-0.4, -0.2) is 22.0 Å². The van der Waals surface area contributed by atoms with Crippen molar-refractivity contribution in [2.75, 3.05) is 6.54 Å². The van der Waals surface area contributed by atoms with Gasteiger partial charge in [0, 0.05) is 29.9 Å². The van der Waals surface area contributed by atoms with E-state index in [2.05, 4.69) is 57.5 Å². The van der Waals surface area contributed by atoms with Gasteiger partial charge in [0.15, 0.2) is 0 Å². The van der Waals surface area contributed by atoms with Crippen molar-refractivity contribution in [3.63, 3.8) is 0 Å². The minimum atomic E-state index is 0.0218. The summed E-state index contributed by atoms with van der Waals surface area (Å²) < 4.78 is 2.13. The number of rotatable bonds is 6. The summed E-state index contributed by atoms with van der Waals surface area (Å²) >= 11 is 0. The third kappa shape index (κ3) is 4.45. The largest absolute Gasteiger partial charge is 0.352 e. The number of nitrogens with zero attached hydrogens (tertiary/aromatic N) is 2. The van der Waals surface area contributed by atoms with Gasteiger partial charge in [-0.1, -0.05) is 67.8 Å². The Hall–Kier alpha value is -3.40. The summed E-state index contributed by atoms with van der Waals surface area (Å²) in [6.45, 7) is 1.41. The van der Waals surface area contributed by atoms with Gasteiger partial charge >= 0.3 is 0 Å². The third-order valence-corrected chi connectivity index (χ3v) is 6.57. The number of aromatic nitrogens is 2. The highest BCUT2D eigenvalue weighted by molar-refractivity contribution is 6.06. The van der Waals surface area contributed by atoms with Crippen LogP contribution < -0.4 is 5.32 Å². The lowest BCUT2D eigenvalue weighted by atomic mass is 9.89. The molecule has 1 saturated carbocycles. The van der Waals surface area contributed by atoms with E-state index >= 15 is 0 Å². The molecule has 1 fully saturated rings. The van der Waals surface area contributed by atoms with Gasteiger partial charge in [-0.15, -0.1) is 0 Å². The molecule has 4 nitrogen and oxygen atoms in total. The maximum Gasteiger partial charge on any atom is 0.253 e. The van der Waals surface area contributed by atoms with Crippen molar-refractivity contribution >= 4 is 16.8 Å². The number of carbonyl (C=O) groups is 1. The molecule has 1 amide bonds. The summed E-state index contributed by atoms with van der Waals surface area (Å²) in [5.74, 6) is 0.638. The van der Waals surface area contributed by atoms with Crippen molar-refractivity contribution in [1.29, 1.82) is 0 Å². The SMILES string of the molecule is O=C(NCC1CCCCC1)c1cccc2ccn(Cc3ccc(-c4ccccc4)cn3)c12. The average molecular weight is 424 g/mol. The summed E-state index contributed by atoms with van der Waals surface area (Å²) in [5, 5.41) is 4.28. The highest BCUT2D eigenvalue weighted by Crippen LogP contribution is 2.25. The molecule has 0 radical (unpaired) electrons. The van der Waals surface area contributed by atoms with Crippen LogP contribution in [-0.2, 0) is 6.54 Å². The second-order valence-electron chi connectivity index (χ2n) is 8.81. The lowest BCUT2D eigenvalue weighted by Crippen LogP contribution is -2.30. The summed E-state index contributed by atoms with van der Waals surface area (Å²) in [6.07, 6.45) is 10.3. The van der Waals surface area contributed by atoms with E-state index in [0.717, 1.165) is 39.8 Å². The molecule has 2 aromatic carbocycles. The monoisotopic (exact) mass is 423 g/mol. The molecule has 1 N–H and O–H groups in total. The minimum absolute atomic E-state index is 0.0218. The van der Waals surface area contributed by atoms with E-state index in [0.29, 0.717) is 12.5 Å². The first-order valence-corrected chi connectivity index (χ1v) is 11.6. The van der Waals surface area contributed by atoms with E-state index in [1.807, 2.05) is 36.5 Å². The molecule has 162 valence electrons. The number of hydrogen-bond acceptors (Lipinski definition) is 2. The van der Waals surface area contributed by atoms with Gasteiger partial charge in [-0.3, -0.25) is 9.78 Å². The van der Waals surface area contributed by atoms with Crippen molar-refractivity contribution in [3.8, 4) is 11.1 Å². The number of nitrogens with one attached hydrogen (secondary N) is 1. The van der Waals surface area contributed by atoms with Crippen molar-refractivity contribution < 1.29 is 4.79 Å². The first-order valence-electron chi connectivity index (χ1n) is 11.6. The lowest BCUT2D eigenvalue weighted by molar-refractivity contribution is 0.0945. The Kier molecular flexibility index (Phi) is 6.02. The number of benzene rings is 2. The minimum Gasteiger partial charge on any atom is -0.352 e. The normalized spacial score (nSPS) is 14.5. The van der Waals surface area contributed by atoms with Crippen molar-refractivity contribution in [3.05, 3.63) is 90.4 Å². The van der Waals surface area contributed by atoms with E-state index in [4.69, 9.17) is 0 Å². The molecule has 0 saturated heterocycles. The number of fused-ring (bicyclic) bond motifs is 1. The Morgan fingerprint density at radius 1 is 0.906 bits per heavy atom. The van der Waals surface area contributed by atoms with Crippen LogP contribution in [0.2, 0.25) is 0 Å². The predicted octanol–water partition coefficient (Wildman–Crippen LogP) is 6.06. The maximum atomic E-state index is 13.1. The predicted molar refractivity (Wildman–Crippen MR) is 130 cm³/mol. The number of carbonyl (C=O) groups excluding carboxylic acids is 1. The van der Waals surface area contributed by atoms with Crippen LogP contribution in [0.3, 0.4) is 0 Å². The molecule has 4 aromatic rings. The Labute approximate surface area is 189 Å². The zero-order chi connectivity index (χ0) is 21.8. The number of amides is 1. The van der Waals surface area contributed by atoms with Gasteiger partial charge in [-0.05, 0) is 42.5 Å². The van der Waals surface area contributed by atoms with Crippen LogP contribution in [0.1, 0.15) is 48.2 Å². The Morgan fingerprint density at radius 2 is 1.75 bits per heavy atom. The molecule has 0 spiro atoms. The molecule has 0 atom stereocenters. The second-order valence-corrected chi connectivity index (χ2v) is 8.81. The lowest BCUT2D eigenvalue weighted by Gasteiger charge is -2.21. The van der Waals surface area contributed by atoms with Gasteiger partial charge in [0.05, 0.1) is 23.3 Å². The fourth-order valence-electron chi connectivity index (χ4n) is 4.79. The van der Waals surface area contributed by atoms with E-state index in [9.17, 15) is 4.79 Å². The van der Waals surface area contributed by atoms with Crippen LogP contribution in [0.5, 0.6) is 0 Å². The topological polar surface area (TPSA) is 46.9 Å². The van der Waals surface area contributed by atoms with E-state index < -0.39 is 0 Å². The van der Waals surface area contributed by atoms with E-state index in [-0.39, 0.29) is 5.91 Å². The zero-order valence-corrected chi connectivity index (χ0v) is 18.3. The standard InChI is InChI=1S/C28H29N3O/c32-28(30-18-21-8-3-1-4-9-21)26-13-7-12-23-16-17-31(27(23)26)20-25-15-14-24(19-29-25)22-10-5-2-6-11-22/h2,5-7,10-17,19,21H,1,3-4,8-9,18,20H2,(H,30,32). The molecule has 0 aliphatic heterocycles. The van der Waals surface area contributed by atoms with Gasteiger partial charge in [-0.2, -0.15) is 0 Å². The van der Waals surface area contributed by atoms with Crippen molar-refractivity contribution in [2.24, 2.45) is 5.92 Å². The molecular weight excluding hydrogens is 394 g/mol. The van der Waals surface area contributed by atoms with Gasteiger partial charge in [0.1, 0.15) is 0 Å². The number of para-hydroxylation sites is 1. The molecular formula is C28H29N3O. The first-order chi connectivity index (χ1) is 15.8. The van der Waals surface area contributed by atoms with Crippen LogP contribution in [0.15, 0.2) is 79.1 Å². The Morgan fingerprint density at radius 3 is 2.53 bits per heavy atom. The van der Waals surface area contributed by atoms with Crippen molar-refractivity contribution in [1.82, 2.24) is 14.9 Å². The van der Waals surface area contributed by atoms with Crippen LogP contribution >= 0.6 is 0 Å². The molecule has 1 aliphatic rings. The molecule has 2 aromatic heterocycles. The molecule has 1 aliphatic carbocycles. The summed E-state index contributed by atoms with van der Waals surface area (Å²) in [5.41, 5.74) is 4.95. The highest BCUT2D eigenvalue weighted by atomic mass is 16.1. The number of hydrogen-bond donors (Lipinski definition) is 1. The summed E-state index contributed by atoms with van der Waals surface area (Å²) in [6, 6.07) is 22.5. The Bertz CT molecular complexity index is 1190. The van der Waals surface area contributed by atoms with E-state index in [1.165, 1.54) is 32.1 Å². The Balaban J connectivity index is 1.35. The van der Waals surface area contributed by atoms with Crippen molar-refractivity contribution in [2.45, 2.75) is 38.6 Å². The van der Waals surface area contributed by atoms with E-state index in [1.54, 1.807) is 0 Å². The van der Waals surface area contributed by atoms with Gasteiger partial charge in [0.2, 0.25) is 0 Å². The molecule has 2 heterocycles. The fraction of sp³-hybridized carbons (Fsp3) is 0.286. The zero-order valence-electron chi connectivity index (χ0n) is 18.3. The summed E-state index contributed by atoms with van der Waals surface area (Å²) in [7, 11) is 0. The highest BCUT2D eigenvalue weighted by Gasteiger charge is 2.17. The molecule has 0 unspecified atom stereocenters. The van der Waals surface area contributed by atoms with Crippen LogP contribution in [0.4, 0.5) is 0 Å². The summed E-state index contributed by atoms with van der Waals surface area (Å²) in [4.78, 5) is 17.8. The molecule has 0 bridgehead atoms. The molecule has 4 heteroatoms. The molecule has 5 rings (SSSR count). The molecule has 32 heavy (non-hydrogen) atoms.